The third-order valence-corrected chi connectivity index (χ3v) is 5.51. The van der Waals surface area contributed by atoms with Crippen LogP contribution in [-0.2, 0) is 0 Å². The van der Waals surface area contributed by atoms with E-state index < -0.39 is 0 Å². The topological polar surface area (TPSA) is 100 Å². The van der Waals surface area contributed by atoms with Crippen molar-refractivity contribution in [1.29, 1.82) is 5.26 Å². The lowest BCUT2D eigenvalue weighted by atomic mass is 10.0. The molecule has 3 N–H and O–H groups in total. The Balaban J connectivity index is 1.82. The van der Waals surface area contributed by atoms with Crippen molar-refractivity contribution >= 4 is 23.1 Å². The standard InChI is InChI=1S/C25H16ClN5O/c26-19-12-18(10-11-21(19)32)23-22(17-4-2-1-3-5-17)30-24(28)25-29-20(14-31(23)25)16-8-6-15(13-27)7-9-16/h1-12,14,32H,(H2,28,30). The van der Waals surface area contributed by atoms with Crippen LogP contribution in [0.25, 0.3) is 39.4 Å². The van der Waals surface area contributed by atoms with Gasteiger partial charge < -0.3 is 10.8 Å². The first-order chi connectivity index (χ1) is 15.5. The Labute approximate surface area is 188 Å². The zero-order valence-electron chi connectivity index (χ0n) is 16.7. The van der Waals surface area contributed by atoms with Crippen LogP contribution in [0.15, 0.2) is 79.0 Å². The highest BCUT2D eigenvalue weighted by Crippen LogP contribution is 2.37. The van der Waals surface area contributed by atoms with Crippen LogP contribution in [0.1, 0.15) is 5.56 Å². The average molecular weight is 438 g/mol. The van der Waals surface area contributed by atoms with Gasteiger partial charge in [0.05, 0.1) is 33.7 Å². The molecule has 154 valence electrons. The van der Waals surface area contributed by atoms with Gasteiger partial charge in [-0.3, -0.25) is 4.40 Å². The lowest BCUT2D eigenvalue weighted by Crippen LogP contribution is -2.03. The average Bonchev–Trinajstić information content (AvgIpc) is 3.27. The Morgan fingerprint density at radius 3 is 2.31 bits per heavy atom. The van der Waals surface area contributed by atoms with E-state index in [0.29, 0.717) is 22.6 Å². The van der Waals surface area contributed by atoms with Crippen molar-refractivity contribution in [3.8, 4) is 45.6 Å². The molecule has 0 saturated carbocycles. The van der Waals surface area contributed by atoms with Crippen LogP contribution in [0.3, 0.4) is 0 Å². The number of phenols is 1. The molecule has 2 aromatic heterocycles. The lowest BCUT2D eigenvalue weighted by Gasteiger charge is -2.14. The number of phenolic OH excluding ortho intramolecular Hbond substituents is 1. The fourth-order valence-corrected chi connectivity index (χ4v) is 3.83. The molecule has 0 unspecified atom stereocenters. The largest absolute Gasteiger partial charge is 0.506 e. The summed E-state index contributed by atoms with van der Waals surface area (Å²) >= 11 is 6.23. The molecule has 0 atom stereocenters. The minimum absolute atomic E-state index is 0.000212. The molecule has 7 heteroatoms. The fourth-order valence-electron chi connectivity index (χ4n) is 3.65. The summed E-state index contributed by atoms with van der Waals surface area (Å²) < 4.78 is 1.89. The van der Waals surface area contributed by atoms with E-state index in [4.69, 9.17) is 27.6 Å². The molecule has 0 fully saturated rings. The summed E-state index contributed by atoms with van der Waals surface area (Å²) in [7, 11) is 0. The fraction of sp³-hybridized carbons (Fsp3) is 0. The third kappa shape index (κ3) is 3.31. The van der Waals surface area contributed by atoms with Crippen LogP contribution in [0.4, 0.5) is 5.82 Å². The molecule has 6 nitrogen and oxygen atoms in total. The second-order valence-electron chi connectivity index (χ2n) is 7.24. The van der Waals surface area contributed by atoms with Crippen molar-refractivity contribution in [3.05, 3.63) is 89.6 Å². The molecule has 2 heterocycles. The van der Waals surface area contributed by atoms with Crippen LogP contribution >= 0.6 is 11.6 Å². The number of nitrogen functional groups attached to an aromatic ring is 1. The molecule has 0 aliphatic heterocycles. The van der Waals surface area contributed by atoms with Crippen LogP contribution in [0, 0.1) is 11.3 Å². The second-order valence-corrected chi connectivity index (χ2v) is 7.64. The highest BCUT2D eigenvalue weighted by molar-refractivity contribution is 6.32. The van der Waals surface area contributed by atoms with Gasteiger partial charge in [-0.05, 0) is 30.3 Å². The predicted molar refractivity (Wildman–Crippen MR) is 125 cm³/mol. The molecule has 5 aromatic rings. The van der Waals surface area contributed by atoms with Gasteiger partial charge in [0.15, 0.2) is 11.5 Å². The Bertz CT molecular complexity index is 1500. The summed E-state index contributed by atoms with van der Waals surface area (Å²) in [4.78, 5) is 9.39. The molecule has 0 radical (unpaired) electrons. The molecule has 0 amide bonds. The number of anilines is 1. The normalized spacial score (nSPS) is 10.9. The van der Waals surface area contributed by atoms with E-state index in [9.17, 15) is 5.11 Å². The SMILES string of the molecule is N#Cc1ccc(-c2cn3c(-c4ccc(O)c(Cl)c4)c(-c4ccccc4)nc(N)c3n2)cc1. The van der Waals surface area contributed by atoms with Gasteiger partial charge in [-0.1, -0.05) is 54.1 Å². The van der Waals surface area contributed by atoms with Gasteiger partial charge in [0.25, 0.3) is 0 Å². The van der Waals surface area contributed by atoms with Crippen LogP contribution in [-0.4, -0.2) is 19.5 Å². The van der Waals surface area contributed by atoms with E-state index in [1.807, 2.05) is 53.1 Å². The van der Waals surface area contributed by atoms with Gasteiger partial charge in [-0.2, -0.15) is 5.26 Å². The van der Waals surface area contributed by atoms with Crippen LogP contribution in [0.2, 0.25) is 5.02 Å². The molecular formula is C25H16ClN5O. The Morgan fingerprint density at radius 1 is 0.906 bits per heavy atom. The number of nitrogens with zero attached hydrogens (tertiary/aromatic N) is 4. The van der Waals surface area contributed by atoms with Gasteiger partial charge in [0.1, 0.15) is 5.75 Å². The molecule has 0 spiro atoms. The number of aromatic nitrogens is 3. The molecule has 32 heavy (non-hydrogen) atoms. The van der Waals surface area contributed by atoms with E-state index in [1.165, 1.54) is 0 Å². The summed E-state index contributed by atoms with van der Waals surface area (Å²) in [6.45, 7) is 0. The van der Waals surface area contributed by atoms with E-state index in [0.717, 1.165) is 22.4 Å². The number of nitrogens with two attached hydrogens (primary N) is 1. The molecule has 0 bridgehead atoms. The summed E-state index contributed by atoms with van der Waals surface area (Å²) in [6, 6.07) is 24.0. The van der Waals surface area contributed by atoms with Crippen molar-refractivity contribution < 1.29 is 5.11 Å². The van der Waals surface area contributed by atoms with E-state index in [1.54, 1.807) is 30.3 Å². The third-order valence-electron chi connectivity index (χ3n) is 5.21. The highest BCUT2D eigenvalue weighted by Gasteiger charge is 2.19. The van der Waals surface area contributed by atoms with Gasteiger partial charge in [-0.25, -0.2) is 9.97 Å². The van der Waals surface area contributed by atoms with E-state index in [-0.39, 0.29) is 16.6 Å². The van der Waals surface area contributed by atoms with Crippen molar-refractivity contribution in [2.45, 2.75) is 0 Å². The number of imidazole rings is 1. The number of aromatic hydroxyl groups is 1. The van der Waals surface area contributed by atoms with Crippen molar-refractivity contribution in [1.82, 2.24) is 14.4 Å². The second kappa shape index (κ2) is 7.73. The quantitative estimate of drug-likeness (QED) is 0.385. The van der Waals surface area contributed by atoms with Crippen molar-refractivity contribution in [2.75, 3.05) is 5.73 Å². The number of hydrogen-bond donors (Lipinski definition) is 2. The van der Waals surface area contributed by atoms with Gasteiger partial charge >= 0.3 is 0 Å². The number of halogens is 1. The molecule has 0 aliphatic rings. The highest BCUT2D eigenvalue weighted by atomic mass is 35.5. The van der Waals surface area contributed by atoms with E-state index >= 15 is 0 Å². The summed E-state index contributed by atoms with van der Waals surface area (Å²) in [6.07, 6.45) is 1.89. The monoisotopic (exact) mass is 437 g/mol. The Hall–Kier alpha value is -4.34. The van der Waals surface area contributed by atoms with Crippen LogP contribution in [0.5, 0.6) is 5.75 Å². The summed E-state index contributed by atoms with van der Waals surface area (Å²) in [5.74, 6) is 0.289. The minimum Gasteiger partial charge on any atom is -0.506 e. The zero-order chi connectivity index (χ0) is 22.2. The molecular weight excluding hydrogens is 422 g/mol. The molecule has 5 rings (SSSR count). The lowest BCUT2D eigenvalue weighted by molar-refractivity contribution is 0.475. The summed E-state index contributed by atoms with van der Waals surface area (Å²) in [5.41, 5.74) is 12.0. The zero-order valence-corrected chi connectivity index (χ0v) is 17.5. The maximum atomic E-state index is 9.92. The number of rotatable bonds is 3. The predicted octanol–water partition coefficient (Wildman–Crippen LogP) is 5.54. The van der Waals surface area contributed by atoms with Crippen molar-refractivity contribution in [3.63, 3.8) is 0 Å². The first kappa shape index (κ1) is 19.6. The molecule has 0 aliphatic carbocycles. The minimum atomic E-state index is 0.000212. The number of benzene rings is 3. The van der Waals surface area contributed by atoms with Crippen molar-refractivity contribution in [2.24, 2.45) is 0 Å². The number of hydrogen-bond acceptors (Lipinski definition) is 5. The molecule has 0 saturated heterocycles. The van der Waals surface area contributed by atoms with E-state index in [2.05, 4.69) is 11.1 Å². The Morgan fingerprint density at radius 2 is 1.62 bits per heavy atom. The first-order valence-corrected chi connectivity index (χ1v) is 10.2. The van der Waals surface area contributed by atoms with Gasteiger partial charge in [0.2, 0.25) is 0 Å². The first-order valence-electron chi connectivity index (χ1n) is 9.78. The van der Waals surface area contributed by atoms with Crippen LogP contribution < -0.4 is 5.73 Å². The summed E-state index contributed by atoms with van der Waals surface area (Å²) in [5, 5.41) is 19.2. The number of nitriles is 1. The van der Waals surface area contributed by atoms with Gasteiger partial charge in [0, 0.05) is 22.9 Å². The Kier molecular flexibility index (Phi) is 4.74. The maximum absolute atomic E-state index is 9.92. The smallest absolute Gasteiger partial charge is 0.181 e. The number of fused-ring (bicyclic) bond motifs is 1. The molecule has 3 aromatic carbocycles. The van der Waals surface area contributed by atoms with Gasteiger partial charge in [-0.15, -0.1) is 0 Å². The maximum Gasteiger partial charge on any atom is 0.181 e.